The first-order valence-electron chi connectivity index (χ1n) is 7.54. The number of carboxylic acid groups (broad SMARTS) is 1. The van der Waals surface area contributed by atoms with Gasteiger partial charge in [-0.1, -0.05) is 13.8 Å². The first-order valence-corrected chi connectivity index (χ1v) is 7.54. The topological polar surface area (TPSA) is 49.8 Å². The van der Waals surface area contributed by atoms with Crippen LogP contribution >= 0.6 is 0 Å². The van der Waals surface area contributed by atoms with E-state index in [4.69, 9.17) is 9.84 Å². The zero-order chi connectivity index (χ0) is 13.9. The second kappa shape index (κ2) is 6.23. The average Bonchev–Trinajstić information content (AvgIpc) is 2.70. The smallest absolute Gasteiger partial charge is 0.305 e. The fraction of sp³-hybridized carbons (Fsp3) is 0.933. The van der Waals surface area contributed by atoms with Crippen LogP contribution < -0.4 is 0 Å². The Balaban J connectivity index is 1.67. The lowest BCUT2D eigenvalue weighted by atomic mass is 9.91. The minimum absolute atomic E-state index is 0.122. The van der Waals surface area contributed by atoms with E-state index in [9.17, 15) is 4.79 Å². The summed E-state index contributed by atoms with van der Waals surface area (Å²) in [5.74, 6) is -0.773. The summed E-state index contributed by atoms with van der Waals surface area (Å²) in [7, 11) is 0. The number of rotatable bonds is 5. The Bertz CT molecular complexity index is 309. The maximum absolute atomic E-state index is 10.4. The number of carboxylic acids is 1. The van der Waals surface area contributed by atoms with Gasteiger partial charge in [-0.2, -0.15) is 0 Å². The SMILES string of the molecule is CC1(C)CCC(N2CCC(OCCC(=O)O)CC2)C1. The predicted molar refractivity (Wildman–Crippen MR) is 74.2 cm³/mol. The average molecular weight is 269 g/mol. The Morgan fingerprint density at radius 1 is 1.32 bits per heavy atom. The van der Waals surface area contributed by atoms with Crippen molar-refractivity contribution in [2.75, 3.05) is 19.7 Å². The predicted octanol–water partition coefficient (Wildman–Crippen LogP) is 2.52. The molecule has 1 saturated heterocycles. The molecular formula is C15H27NO3. The molecule has 0 amide bonds. The van der Waals surface area contributed by atoms with Crippen LogP contribution in [-0.2, 0) is 9.53 Å². The van der Waals surface area contributed by atoms with Crippen LogP contribution in [0.25, 0.3) is 0 Å². The highest BCUT2D eigenvalue weighted by atomic mass is 16.5. The molecule has 1 aliphatic carbocycles. The first-order chi connectivity index (χ1) is 8.96. The number of likely N-dealkylation sites (tertiary alicyclic amines) is 1. The maximum Gasteiger partial charge on any atom is 0.305 e. The van der Waals surface area contributed by atoms with E-state index in [-0.39, 0.29) is 12.5 Å². The van der Waals surface area contributed by atoms with Gasteiger partial charge in [0.1, 0.15) is 0 Å². The summed E-state index contributed by atoms with van der Waals surface area (Å²) >= 11 is 0. The summed E-state index contributed by atoms with van der Waals surface area (Å²) in [6.45, 7) is 7.32. The Morgan fingerprint density at radius 3 is 2.53 bits per heavy atom. The Hall–Kier alpha value is -0.610. The van der Waals surface area contributed by atoms with Gasteiger partial charge >= 0.3 is 5.97 Å². The quantitative estimate of drug-likeness (QED) is 0.833. The van der Waals surface area contributed by atoms with Crippen LogP contribution in [0.1, 0.15) is 52.4 Å². The van der Waals surface area contributed by atoms with Gasteiger partial charge < -0.3 is 14.7 Å². The summed E-state index contributed by atoms with van der Waals surface area (Å²) < 4.78 is 5.64. The van der Waals surface area contributed by atoms with Gasteiger partial charge in [0, 0.05) is 19.1 Å². The molecule has 0 radical (unpaired) electrons. The molecule has 4 nitrogen and oxygen atoms in total. The van der Waals surface area contributed by atoms with Crippen LogP contribution in [0.15, 0.2) is 0 Å². The molecule has 1 atom stereocenters. The van der Waals surface area contributed by atoms with Gasteiger partial charge in [-0.15, -0.1) is 0 Å². The third-order valence-corrected chi connectivity index (χ3v) is 4.61. The van der Waals surface area contributed by atoms with Gasteiger partial charge in [-0.3, -0.25) is 4.79 Å². The summed E-state index contributed by atoms with van der Waals surface area (Å²) in [5, 5.41) is 8.59. The van der Waals surface area contributed by atoms with Crippen molar-refractivity contribution in [3.05, 3.63) is 0 Å². The second-order valence-corrected chi connectivity index (χ2v) is 6.81. The summed E-state index contributed by atoms with van der Waals surface area (Å²) in [6.07, 6.45) is 6.48. The molecule has 0 bridgehead atoms. The molecule has 19 heavy (non-hydrogen) atoms. The van der Waals surface area contributed by atoms with E-state index in [1.807, 2.05) is 0 Å². The van der Waals surface area contributed by atoms with Crippen LogP contribution in [0, 0.1) is 5.41 Å². The third kappa shape index (κ3) is 4.46. The Kier molecular flexibility index (Phi) is 4.85. The standard InChI is InChI=1S/C15H27NO3/c1-15(2)7-3-12(11-15)16-8-4-13(5-9-16)19-10-6-14(17)18/h12-13H,3-11H2,1-2H3,(H,17,18). The van der Waals surface area contributed by atoms with Crippen LogP contribution in [-0.4, -0.2) is 47.8 Å². The van der Waals surface area contributed by atoms with E-state index in [0.717, 1.165) is 32.0 Å². The lowest BCUT2D eigenvalue weighted by Gasteiger charge is -2.36. The van der Waals surface area contributed by atoms with Crippen molar-refractivity contribution in [2.45, 2.75) is 64.5 Å². The van der Waals surface area contributed by atoms with E-state index < -0.39 is 5.97 Å². The number of nitrogens with zero attached hydrogens (tertiary/aromatic N) is 1. The molecule has 110 valence electrons. The van der Waals surface area contributed by atoms with E-state index >= 15 is 0 Å². The van der Waals surface area contributed by atoms with Crippen LogP contribution in [0.2, 0.25) is 0 Å². The molecular weight excluding hydrogens is 242 g/mol. The van der Waals surface area contributed by atoms with E-state index in [0.29, 0.717) is 12.0 Å². The van der Waals surface area contributed by atoms with Crippen molar-refractivity contribution in [3.8, 4) is 0 Å². The second-order valence-electron chi connectivity index (χ2n) is 6.81. The highest BCUT2D eigenvalue weighted by Gasteiger charge is 2.35. The van der Waals surface area contributed by atoms with Crippen molar-refractivity contribution in [1.29, 1.82) is 0 Å². The lowest BCUT2D eigenvalue weighted by molar-refractivity contribution is -0.138. The molecule has 4 heteroatoms. The molecule has 0 aromatic heterocycles. The van der Waals surface area contributed by atoms with Crippen molar-refractivity contribution in [1.82, 2.24) is 4.90 Å². The van der Waals surface area contributed by atoms with Gasteiger partial charge in [-0.05, 0) is 37.5 Å². The Morgan fingerprint density at radius 2 is 2.00 bits per heavy atom. The van der Waals surface area contributed by atoms with Gasteiger partial charge in [0.15, 0.2) is 0 Å². The zero-order valence-corrected chi connectivity index (χ0v) is 12.2. The normalized spacial score (nSPS) is 28.6. The number of aliphatic carboxylic acids is 1. The van der Waals surface area contributed by atoms with Gasteiger partial charge in [-0.25, -0.2) is 0 Å². The fourth-order valence-corrected chi connectivity index (χ4v) is 3.43. The molecule has 2 rings (SSSR count). The molecule has 0 aromatic rings. The minimum Gasteiger partial charge on any atom is -0.481 e. The minimum atomic E-state index is -0.773. The van der Waals surface area contributed by atoms with Gasteiger partial charge in [0.2, 0.25) is 0 Å². The molecule has 1 unspecified atom stereocenters. The van der Waals surface area contributed by atoms with Gasteiger partial charge in [0.05, 0.1) is 19.1 Å². The molecule has 1 N–H and O–H groups in total. The number of carbonyl (C=O) groups is 1. The molecule has 2 fully saturated rings. The molecule has 1 saturated carbocycles. The lowest BCUT2D eigenvalue weighted by Crippen LogP contribution is -2.42. The molecule has 2 aliphatic rings. The summed E-state index contributed by atoms with van der Waals surface area (Å²) in [4.78, 5) is 13.1. The third-order valence-electron chi connectivity index (χ3n) is 4.61. The van der Waals surface area contributed by atoms with Gasteiger partial charge in [0.25, 0.3) is 0 Å². The highest BCUT2D eigenvalue weighted by molar-refractivity contribution is 5.66. The van der Waals surface area contributed by atoms with Crippen molar-refractivity contribution in [3.63, 3.8) is 0 Å². The highest BCUT2D eigenvalue weighted by Crippen LogP contribution is 2.40. The number of hydrogen-bond donors (Lipinski definition) is 1. The monoisotopic (exact) mass is 269 g/mol. The number of hydrogen-bond acceptors (Lipinski definition) is 3. The van der Waals surface area contributed by atoms with E-state index in [2.05, 4.69) is 18.7 Å². The van der Waals surface area contributed by atoms with Crippen LogP contribution in [0.4, 0.5) is 0 Å². The summed E-state index contributed by atoms with van der Waals surface area (Å²) in [6, 6.07) is 0.759. The fourth-order valence-electron chi connectivity index (χ4n) is 3.43. The van der Waals surface area contributed by atoms with E-state index in [1.54, 1.807) is 0 Å². The zero-order valence-electron chi connectivity index (χ0n) is 12.2. The van der Waals surface area contributed by atoms with Crippen LogP contribution in [0.3, 0.4) is 0 Å². The first kappa shape index (κ1) is 14.8. The van der Waals surface area contributed by atoms with Crippen molar-refractivity contribution >= 4 is 5.97 Å². The van der Waals surface area contributed by atoms with E-state index in [1.165, 1.54) is 19.3 Å². The summed E-state index contributed by atoms with van der Waals surface area (Å²) in [5.41, 5.74) is 0.513. The maximum atomic E-state index is 10.4. The van der Waals surface area contributed by atoms with Crippen molar-refractivity contribution < 1.29 is 14.6 Å². The number of ether oxygens (including phenoxy) is 1. The van der Waals surface area contributed by atoms with Crippen LogP contribution in [0.5, 0.6) is 0 Å². The molecule has 1 heterocycles. The molecule has 0 aromatic carbocycles. The molecule has 0 spiro atoms. The van der Waals surface area contributed by atoms with Crippen molar-refractivity contribution in [2.24, 2.45) is 5.41 Å². The molecule has 1 aliphatic heterocycles. The number of piperidine rings is 1. The Labute approximate surface area is 116 Å². The largest absolute Gasteiger partial charge is 0.481 e.